The molecule has 1 amide bonds. The van der Waals surface area contributed by atoms with Gasteiger partial charge in [-0.1, -0.05) is 6.07 Å². The number of aromatic nitrogens is 5. The number of alkyl halides is 2. The van der Waals surface area contributed by atoms with Crippen LogP contribution in [0.15, 0.2) is 42.9 Å². The smallest absolute Gasteiger partial charge is 0.387 e. The first kappa shape index (κ1) is 21.3. The van der Waals surface area contributed by atoms with Crippen molar-refractivity contribution in [3.8, 4) is 17.0 Å². The Bertz CT molecular complexity index is 1550. The molecule has 182 valence electrons. The Labute approximate surface area is 203 Å². The second kappa shape index (κ2) is 7.26. The number of carbonyl (C=O) groups is 1. The van der Waals surface area contributed by atoms with Gasteiger partial charge in [0.25, 0.3) is 5.91 Å². The number of hydrogen-bond acceptors (Lipinski definition) is 7. The van der Waals surface area contributed by atoms with Crippen molar-refractivity contribution >= 4 is 11.6 Å². The highest BCUT2D eigenvalue weighted by Crippen LogP contribution is 2.53. The van der Waals surface area contributed by atoms with Crippen molar-refractivity contribution in [2.24, 2.45) is 5.73 Å². The summed E-state index contributed by atoms with van der Waals surface area (Å²) in [6, 6.07) is 6.20. The largest absolute Gasteiger partial charge is 0.434 e. The van der Waals surface area contributed by atoms with E-state index in [9.17, 15) is 13.6 Å². The zero-order valence-electron chi connectivity index (χ0n) is 19.2. The van der Waals surface area contributed by atoms with Crippen LogP contribution in [0, 0.1) is 0 Å². The summed E-state index contributed by atoms with van der Waals surface area (Å²) in [5.74, 6) is -0.00892. The Balaban J connectivity index is 1.39. The van der Waals surface area contributed by atoms with Crippen LogP contribution in [0.4, 0.5) is 8.78 Å². The normalized spacial score (nSPS) is 21.5. The van der Waals surface area contributed by atoms with Gasteiger partial charge in [0.1, 0.15) is 11.6 Å². The topological polar surface area (TPSA) is 112 Å². The molecule has 7 rings (SSSR count). The van der Waals surface area contributed by atoms with E-state index in [1.807, 2.05) is 6.07 Å². The van der Waals surface area contributed by atoms with Crippen molar-refractivity contribution in [3.05, 3.63) is 71.1 Å². The standard InChI is InChI=1S/C25H21F2N7O2/c1-33-16-9-14(18-13(22(33)35)3-2-4-17(18)36-24(26)27)19-20(16)32-34-8-5-15(31-21(19)34)12-10-29-23(30-11-12)25(28)6-7-25/h2-5,8,10-11,14,16,24H,6-7,9,28H2,1H3. The molecule has 2 aliphatic carbocycles. The molecule has 1 aliphatic heterocycles. The summed E-state index contributed by atoms with van der Waals surface area (Å²) in [5.41, 5.74) is 10.1. The van der Waals surface area contributed by atoms with Gasteiger partial charge in [-0.15, -0.1) is 0 Å². The molecule has 11 heteroatoms. The summed E-state index contributed by atoms with van der Waals surface area (Å²) in [6.07, 6.45) is 7.48. The predicted octanol–water partition coefficient (Wildman–Crippen LogP) is 3.40. The lowest BCUT2D eigenvalue weighted by Gasteiger charge is -2.23. The van der Waals surface area contributed by atoms with Crippen molar-refractivity contribution in [2.45, 2.75) is 43.4 Å². The van der Waals surface area contributed by atoms with Crippen LogP contribution >= 0.6 is 0 Å². The molecule has 2 bridgehead atoms. The number of amides is 1. The Morgan fingerprint density at radius 2 is 1.94 bits per heavy atom. The quantitative estimate of drug-likeness (QED) is 0.468. The van der Waals surface area contributed by atoms with E-state index >= 15 is 0 Å². The van der Waals surface area contributed by atoms with Gasteiger partial charge in [0.15, 0.2) is 5.65 Å². The van der Waals surface area contributed by atoms with Crippen LogP contribution in [0.5, 0.6) is 5.75 Å². The maximum atomic E-state index is 13.3. The molecule has 4 heterocycles. The minimum Gasteiger partial charge on any atom is -0.434 e. The molecule has 2 N–H and O–H groups in total. The van der Waals surface area contributed by atoms with E-state index < -0.39 is 12.2 Å². The molecule has 1 saturated carbocycles. The van der Waals surface area contributed by atoms with Crippen LogP contribution in [-0.2, 0) is 5.54 Å². The average Bonchev–Trinajstić information content (AvgIpc) is 3.40. The first-order chi connectivity index (χ1) is 17.3. The minimum absolute atomic E-state index is 0.00182. The predicted molar refractivity (Wildman–Crippen MR) is 123 cm³/mol. The first-order valence-electron chi connectivity index (χ1n) is 11.7. The van der Waals surface area contributed by atoms with Crippen molar-refractivity contribution in [3.63, 3.8) is 0 Å². The van der Waals surface area contributed by atoms with Gasteiger partial charge in [-0.2, -0.15) is 13.9 Å². The summed E-state index contributed by atoms with van der Waals surface area (Å²) in [7, 11) is 1.71. The van der Waals surface area contributed by atoms with E-state index in [2.05, 4.69) is 9.97 Å². The van der Waals surface area contributed by atoms with Gasteiger partial charge in [-0.05, 0) is 37.5 Å². The number of rotatable bonds is 4. The molecular weight excluding hydrogens is 468 g/mol. The third-order valence-corrected chi connectivity index (χ3v) is 7.50. The summed E-state index contributed by atoms with van der Waals surface area (Å²) >= 11 is 0. The Morgan fingerprint density at radius 1 is 1.17 bits per heavy atom. The van der Waals surface area contributed by atoms with Gasteiger partial charge in [-0.25, -0.2) is 19.5 Å². The number of benzene rings is 1. The fraction of sp³-hybridized carbons (Fsp3) is 0.320. The summed E-state index contributed by atoms with van der Waals surface area (Å²) in [6.45, 7) is -3.01. The van der Waals surface area contributed by atoms with E-state index in [0.717, 1.165) is 24.0 Å². The SMILES string of the molecule is CN1C(=O)c2cccc(OC(F)F)c2C2CC1c1nn3ccc(-c4cnc(C5(N)CC5)nc4)nc3c12. The zero-order valence-corrected chi connectivity index (χ0v) is 19.2. The molecule has 0 radical (unpaired) electrons. The van der Waals surface area contributed by atoms with Crippen molar-refractivity contribution in [2.75, 3.05) is 7.05 Å². The van der Waals surface area contributed by atoms with Crippen LogP contribution in [0.3, 0.4) is 0 Å². The number of hydrogen-bond donors (Lipinski definition) is 1. The fourth-order valence-electron chi connectivity index (χ4n) is 5.46. The molecule has 36 heavy (non-hydrogen) atoms. The van der Waals surface area contributed by atoms with Crippen LogP contribution in [-0.4, -0.2) is 49.0 Å². The Morgan fingerprint density at radius 3 is 2.67 bits per heavy atom. The second-order valence-corrected chi connectivity index (χ2v) is 9.65. The number of halogens is 2. The first-order valence-corrected chi connectivity index (χ1v) is 11.7. The third-order valence-electron chi connectivity index (χ3n) is 7.50. The van der Waals surface area contributed by atoms with Crippen molar-refractivity contribution < 1.29 is 18.3 Å². The van der Waals surface area contributed by atoms with Crippen LogP contribution in [0.25, 0.3) is 16.9 Å². The lowest BCUT2D eigenvalue weighted by atomic mass is 9.89. The van der Waals surface area contributed by atoms with Gasteiger partial charge in [-0.3, -0.25) is 4.79 Å². The number of nitrogens with zero attached hydrogens (tertiary/aromatic N) is 6. The molecule has 0 spiro atoms. The molecule has 0 saturated heterocycles. The van der Waals surface area contributed by atoms with Crippen molar-refractivity contribution in [1.29, 1.82) is 0 Å². The average molecular weight is 489 g/mol. The lowest BCUT2D eigenvalue weighted by molar-refractivity contribution is -0.0505. The second-order valence-electron chi connectivity index (χ2n) is 9.65. The lowest BCUT2D eigenvalue weighted by Crippen LogP contribution is -2.30. The molecule has 3 aliphatic rings. The number of ether oxygens (including phenoxy) is 1. The van der Waals surface area contributed by atoms with E-state index in [4.69, 9.17) is 20.6 Å². The zero-order chi connectivity index (χ0) is 24.8. The molecule has 1 fully saturated rings. The van der Waals surface area contributed by atoms with Crippen LogP contribution in [0.1, 0.15) is 64.2 Å². The van der Waals surface area contributed by atoms with E-state index in [1.54, 1.807) is 47.2 Å². The molecule has 4 aromatic rings. The highest BCUT2D eigenvalue weighted by Gasteiger charge is 2.46. The fourth-order valence-corrected chi connectivity index (χ4v) is 5.46. The maximum Gasteiger partial charge on any atom is 0.387 e. The van der Waals surface area contributed by atoms with Gasteiger partial charge in [0, 0.05) is 53.8 Å². The number of carbonyl (C=O) groups excluding carboxylic acids is 1. The van der Waals surface area contributed by atoms with Gasteiger partial charge in [0.05, 0.1) is 23.0 Å². The van der Waals surface area contributed by atoms with Crippen LogP contribution < -0.4 is 10.5 Å². The Kier molecular flexibility index (Phi) is 4.30. The molecule has 9 nitrogen and oxygen atoms in total. The van der Waals surface area contributed by atoms with Gasteiger partial charge in [0.2, 0.25) is 0 Å². The number of nitrogens with two attached hydrogens (primary N) is 1. The summed E-state index contributed by atoms with van der Waals surface area (Å²) in [5, 5.41) is 4.74. The van der Waals surface area contributed by atoms with Gasteiger partial charge >= 0.3 is 6.61 Å². The monoisotopic (exact) mass is 489 g/mol. The molecule has 2 atom stereocenters. The van der Waals surface area contributed by atoms with Crippen LogP contribution in [0.2, 0.25) is 0 Å². The maximum absolute atomic E-state index is 13.3. The van der Waals surface area contributed by atoms with Gasteiger partial charge < -0.3 is 15.4 Å². The highest BCUT2D eigenvalue weighted by molar-refractivity contribution is 5.98. The minimum atomic E-state index is -3.01. The third kappa shape index (κ3) is 2.98. The molecule has 2 unspecified atom stereocenters. The van der Waals surface area contributed by atoms with E-state index in [-0.39, 0.29) is 23.6 Å². The van der Waals surface area contributed by atoms with E-state index in [0.29, 0.717) is 40.4 Å². The summed E-state index contributed by atoms with van der Waals surface area (Å²) < 4.78 is 33.1. The summed E-state index contributed by atoms with van der Waals surface area (Å²) in [4.78, 5) is 28.6. The molecular formula is C25H21F2N7O2. The van der Waals surface area contributed by atoms with E-state index in [1.165, 1.54) is 6.07 Å². The highest BCUT2D eigenvalue weighted by atomic mass is 19.3. The number of fused-ring (bicyclic) bond motifs is 9. The van der Waals surface area contributed by atoms with Crippen molar-refractivity contribution in [1.82, 2.24) is 29.5 Å². The molecule has 3 aromatic heterocycles. The Hall–Kier alpha value is -3.99. The molecule has 1 aromatic carbocycles.